The molecule has 0 aliphatic carbocycles. The molecule has 0 nitrogen and oxygen atoms in total. The van der Waals surface area contributed by atoms with Gasteiger partial charge in [0.1, 0.15) is 0 Å². The standard InChI is InChI=1S/C10H14.C9H12/c1-3-5-10-7-4-6-9(2)8-10;1-2-6-9-7-4-3-5-8-9/h4,6-8H,3,5H2,1-2H3;3-5,7-8H,2,6H2,1H3. The van der Waals surface area contributed by atoms with Crippen LogP contribution in [0.5, 0.6) is 0 Å². The normalized spacial score (nSPS) is 9.63. The molecule has 2 rings (SSSR count). The molecule has 0 amide bonds. The van der Waals surface area contributed by atoms with Crippen LogP contribution < -0.4 is 0 Å². The summed E-state index contributed by atoms with van der Waals surface area (Å²) in [6.45, 7) is 6.55. The van der Waals surface area contributed by atoms with Crippen molar-refractivity contribution in [2.75, 3.05) is 0 Å². The Labute approximate surface area is 118 Å². The molecule has 0 atom stereocenters. The highest BCUT2D eigenvalue weighted by molar-refractivity contribution is 5.22. The average Bonchev–Trinajstić information content (AvgIpc) is 2.41. The van der Waals surface area contributed by atoms with Crippen molar-refractivity contribution in [1.82, 2.24) is 0 Å². The van der Waals surface area contributed by atoms with E-state index in [1.54, 1.807) is 0 Å². The molecule has 0 heteroatoms. The van der Waals surface area contributed by atoms with Gasteiger partial charge in [-0.2, -0.15) is 0 Å². The van der Waals surface area contributed by atoms with Crippen molar-refractivity contribution in [3.05, 3.63) is 71.3 Å². The SMILES string of the molecule is CCCc1cccc(C)c1.CCCc1ccccc1. The molecule has 2 aromatic rings. The van der Waals surface area contributed by atoms with Crippen molar-refractivity contribution in [2.24, 2.45) is 0 Å². The Bertz CT molecular complexity index is 443. The van der Waals surface area contributed by atoms with Crippen molar-refractivity contribution >= 4 is 0 Å². The van der Waals surface area contributed by atoms with E-state index < -0.39 is 0 Å². The van der Waals surface area contributed by atoms with E-state index >= 15 is 0 Å². The van der Waals surface area contributed by atoms with Gasteiger partial charge < -0.3 is 0 Å². The van der Waals surface area contributed by atoms with Crippen molar-refractivity contribution < 1.29 is 0 Å². The van der Waals surface area contributed by atoms with Crippen LogP contribution in [0.3, 0.4) is 0 Å². The van der Waals surface area contributed by atoms with Gasteiger partial charge in [-0.05, 0) is 30.9 Å². The zero-order chi connectivity index (χ0) is 13.9. The summed E-state index contributed by atoms with van der Waals surface area (Å²) in [5.74, 6) is 0. The Morgan fingerprint density at radius 1 is 0.684 bits per heavy atom. The lowest BCUT2D eigenvalue weighted by Crippen LogP contribution is -1.82. The van der Waals surface area contributed by atoms with Crippen LogP contribution in [0.2, 0.25) is 0 Å². The van der Waals surface area contributed by atoms with E-state index in [1.165, 1.54) is 42.4 Å². The highest BCUT2D eigenvalue weighted by Crippen LogP contribution is 2.05. The molecule has 0 saturated carbocycles. The van der Waals surface area contributed by atoms with Crippen LogP contribution >= 0.6 is 0 Å². The molecule has 0 saturated heterocycles. The highest BCUT2D eigenvalue weighted by Gasteiger charge is 1.89. The van der Waals surface area contributed by atoms with Crippen molar-refractivity contribution in [1.29, 1.82) is 0 Å². The summed E-state index contributed by atoms with van der Waals surface area (Å²) in [5, 5.41) is 0. The van der Waals surface area contributed by atoms with Gasteiger partial charge in [0.05, 0.1) is 0 Å². The molecular weight excluding hydrogens is 228 g/mol. The maximum absolute atomic E-state index is 2.25. The van der Waals surface area contributed by atoms with Crippen molar-refractivity contribution in [2.45, 2.75) is 46.5 Å². The van der Waals surface area contributed by atoms with E-state index in [0.717, 1.165) is 0 Å². The van der Waals surface area contributed by atoms with Crippen LogP contribution in [0.15, 0.2) is 54.6 Å². The first-order chi connectivity index (χ1) is 9.26. The zero-order valence-corrected chi connectivity index (χ0v) is 12.5. The second kappa shape index (κ2) is 9.38. The van der Waals surface area contributed by atoms with Crippen LogP contribution in [-0.4, -0.2) is 0 Å². The number of benzene rings is 2. The molecule has 0 fully saturated rings. The van der Waals surface area contributed by atoms with Gasteiger partial charge >= 0.3 is 0 Å². The summed E-state index contributed by atoms with van der Waals surface area (Å²) < 4.78 is 0. The Kier molecular flexibility index (Phi) is 7.65. The number of aryl methyl sites for hydroxylation is 3. The summed E-state index contributed by atoms with van der Waals surface area (Å²) in [7, 11) is 0. The number of hydrogen-bond acceptors (Lipinski definition) is 0. The Morgan fingerprint density at radius 2 is 1.26 bits per heavy atom. The van der Waals surface area contributed by atoms with Crippen LogP contribution in [0.4, 0.5) is 0 Å². The number of hydrogen-bond donors (Lipinski definition) is 0. The third-order valence-corrected chi connectivity index (χ3v) is 3.00. The van der Waals surface area contributed by atoms with Gasteiger partial charge in [0.15, 0.2) is 0 Å². The first-order valence-electron chi connectivity index (χ1n) is 7.35. The quantitative estimate of drug-likeness (QED) is 0.667. The summed E-state index contributed by atoms with van der Waals surface area (Å²) in [6, 6.07) is 19.3. The first kappa shape index (κ1) is 15.5. The van der Waals surface area contributed by atoms with E-state index in [9.17, 15) is 0 Å². The van der Waals surface area contributed by atoms with Crippen LogP contribution in [-0.2, 0) is 12.8 Å². The van der Waals surface area contributed by atoms with Gasteiger partial charge in [-0.15, -0.1) is 0 Å². The maximum atomic E-state index is 2.25. The maximum Gasteiger partial charge on any atom is -0.0281 e. The molecule has 0 radical (unpaired) electrons. The molecule has 0 unspecified atom stereocenters. The molecule has 0 aliphatic heterocycles. The molecule has 0 bridgehead atoms. The Hall–Kier alpha value is -1.56. The predicted molar refractivity (Wildman–Crippen MR) is 85.6 cm³/mol. The van der Waals surface area contributed by atoms with E-state index in [0.29, 0.717) is 0 Å². The molecule has 0 N–H and O–H groups in total. The molecule has 102 valence electrons. The van der Waals surface area contributed by atoms with Crippen LogP contribution in [0.25, 0.3) is 0 Å². The third kappa shape index (κ3) is 6.81. The lowest BCUT2D eigenvalue weighted by Gasteiger charge is -1.97. The lowest BCUT2D eigenvalue weighted by atomic mass is 10.1. The van der Waals surface area contributed by atoms with Crippen LogP contribution in [0, 0.1) is 6.92 Å². The molecule has 0 spiro atoms. The van der Waals surface area contributed by atoms with Gasteiger partial charge in [-0.25, -0.2) is 0 Å². The van der Waals surface area contributed by atoms with Crippen LogP contribution in [0.1, 0.15) is 43.4 Å². The monoisotopic (exact) mass is 254 g/mol. The Balaban J connectivity index is 0.000000191. The van der Waals surface area contributed by atoms with E-state index in [1.807, 2.05) is 0 Å². The molecule has 19 heavy (non-hydrogen) atoms. The third-order valence-electron chi connectivity index (χ3n) is 3.00. The topological polar surface area (TPSA) is 0 Å². The summed E-state index contributed by atoms with van der Waals surface area (Å²) >= 11 is 0. The minimum atomic E-state index is 1.21. The van der Waals surface area contributed by atoms with Crippen molar-refractivity contribution in [3.63, 3.8) is 0 Å². The second-order valence-corrected chi connectivity index (χ2v) is 4.97. The highest BCUT2D eigenvalue weighted by atomic mass is 13.9. The van der Waals surface area contributed by atoms with E-state index in [2.05, 4.69) is 75.4 Å². The molecule has 0 heterocycles. The van der Waals surface area contributed by atoms with Gasteiger partial charge in [-0.3, -0.25) is 0 Å². The predicted octanol–water partition coefficient (Wildman–Crippen LogP) is 5.59. The fraction of sp³-hybridized carbons (Fsp3) is 0.368. The zero-order valence-electron chi connectivity index (χ0n) is 12.5. The first-order valence-corrected chi connectivity index (χ1v) is 7.35. The van der Waals surface area contributed by atoms with E-state index in [-0.39, 0.29) is 0 Å². The van der Waals surface area contributed by atoms with Gasteiger partial charge in [-0.1, -0.05) is 86.8 Å². The van der Waals surface area contributed by atoms with Crippen molar-refractivity contribution in [3.8, 4) is 0 Å². The Morgan fingerprint density at radius 3 is 1.84 bits per heavy atom. The lowest BCUT2D eigenvalue weighted by molar-refractivity contribution is 0.920. The number of rotatable bonds is 4. The van der Waals surface area contributed by atoms with Gasteiger partial charge in [0.25, 0.3) is 0 Å². The molecule has 0 aliphatic rings. The smallest absolute Gasteiger partial charge is 0.0281 e. The second-order valence-electron chi connectivity index (χ2n) is 4.97. The minimum Gasteiger partial charge on any atom is -0.0651 e. The summed E-state index contributed by atoms with van der Waals surface area (Å²) in [4.78, 5) is 0. The fourth-order valence-electron chi connectivity index (χ4n) is 2.09. The largest absolute Gasteiger partial charge is 0.0651 e. The molecule has 2 aromatic carbocycles. The summed E-state index contributed by atoms with van der Waals surface area (Å²) in [5.41, 5.74) is 4.27. The average molecular weight is 254 g/mol. The molecular formula is C19H26. The minimum absolute atomic E-state index is 1.21. The van der Waals surface area contributed by atoms with E-state index in [4.69, 9.17) is 0 Å². The molecule has 0 aromatic heterocycles. The van der Waals surface area contributed by atoms with Gasteiger partial charge in [0, 0.05) is 0 Å². The van der Waals surface area contributed by atoms with Gasteiger partial charge in [0.2, 0.25) is 0 Å². The fourth-order valence-corrected chi connectivity index (χ4v) is 2.09. The summed E-state index contributed by atoms with van der Waals surface area (Å²) in [6.07, 6.45) is 4.90.